The number of methoxy groups -OCH3 is 1. The van der Waals surface area contributed by atoms with E-state index in [-0.39, 0.29) is 29.2 Å². The van der Waals surface area contributed by atoms with Crippen LogP contribution in [-0.2, 0) is 6.54 Å². The van der Waals surface area contributed by atoms with Gasteiger partial charge in [0.1, 0.15) is 5.75 Å². The van der Waals surface area contributed by atoms with Gasteiger partial charge in [-0.2, -0.15) is 13.2 Å². The number of alkyl halides is 3. The maximum Gasteiger partial charge on any atom is 0.446 e. The predicted molar refractivity (Wildman–Crippen MR) is 68.3 cm³/mol. The van der Waals surface area contributed by atoms with Crippen molar-refractivity contribution in [2.24, 2.45) is 5.73 Å². The number of ether oxygens (including phenoxy) is 1. The van der Waals surface area contributed by atoms with Crippen LogP contribution in [0.5, 0.6) is 5.75 Å². The van der Waals surface area contributed by atoms with Crippen LogP contribution in [0.1, 0.15) is 5.56 Å². The number of halogens is 3. The molecule has 0 unspecified atom stereocenters. The SMILES string of the molecule is COc1cccc(SC(F)(F)F)c1CN(C)C(=N)N. The molecule has 1 rings (SSSR count). The van der Waals surface area contributed by atoms with Crippen LogP contribution in [0, 0.1) is 5.41 Å². The van der Waals surface area contributed by atoms with Crippen LogP contribution in [0.15, 0.2) is 23.1 Å². The summed E-state index contributed by atoms with van der Waals surface area (Å²) < 4.78 is 42.5. The standard InChI is InChI=1S/C11H14F3N3OS/c1-17(10(15)16)6-7-8(18-2)4-3-5-9(7)19-11(12,13)14/h3-5H,6H2,1-2H3,(H3,15,16). The van der Waals surface area contributed by atoms with Crippen molar-refractivity contribution in [3.05, 3.63) is 23.8 Å². The maximum atomic E-state index is 12.5. The second kappa shape index (κ2) is 6.05. The van der Waals surface area contributed by atoms with Crippen molar-refractivity contribution >= 4 is 17.7 Å². The fraction of sp³-hybridized carbons (Fsp3) is 0.364. The third-order valence-electron chi connectivity index (χ3n) is 2.34. The van der Waals surface area contributed by atoms with Gasteiger partial charge in [-0.15, -0.1) is 0 Å². The smallest absolute Gasteiger partial charge is 0.446 e. The van der Waals surface area contributed by atoms with Gasteiger partial charge in [-0.05, 0) is 23.9 Å². The zero-order chi connectivity index (χ0) is 14.6. The van der Waals surface area contributed by atoms with Crippen molar-refractivity contribution in [1.29, 1.82) is 5.41 Å². The molecule has 106 valence electrons. The average Bonchev–Trinajstić information content (AvgIpc) is 2.29. The van der Waals surface area contributed by atoms with Gasteiger partial charge in [0.05, 0.1) is 13.7 Å². The Labute approximate surface area is 113 Å². The van der Waals surface area contributed by atoms with Crippen LogP contribution in [0.3, 0.4) is 0 Å². The number of guanidine groups is 1. The van der Waals surface area contributed by atoms with E-state index in [1.54, 1.807) is 6.07 Å². The Morgan fingerprint density at radius 3 is 2.58 bits per heavy atom. The molecule has 0 heterocycles. The van der Waals surface area contributed by atoms with E-state index in [0.717, 1.165) is 0 Å². The van der Waals surface area contributed by atoms with Crippen molar-refractivity contribution in [1.82, 2.24) is 4.90 Å². The molecular formula is C11H14F3N3OS. The third kappa shape index (κ3) is 4.55. The summed E-state index contributed by atoms with van der Waals surface area (Å²) in [6.45, 7) is 0.0672. The topological polar surface area (TPSA) is 62.3 Å². The zero-order valence-electron chi connectivity index (χ0n) is 10.4. The van der Waals surface area contributed by atoms with E-state index >= 15 is 0 Å². The van der Waals surface area contributed by atoms with Crippen molar-refractivity contribution in [3.63, 3.8) is 0 Å². The number of hydrogen-bond acceptors (Lipinski definition) is 3. The quantitative estimate of drug-likeness (QED) is 0.509. The van der Waals surface area contributed by atoms with Gasteiger partial charge >= 0.3 is 5.51 Å². The summed E-state index contributed by atoms with van der Waals surface area (Å²) in [7, 11) is 2.91. The van der Waals surface area contributed by atoms with Crippen LogP contribution in [0.2, 0.25) is 0 Å². The summed E-state index contributed by atoms with van der Waals surface area (Å²) in [5.41, 5.74) is 1.26. The van der Waals surface area contributed by atoms with Crippen molar-refractivity contribution < 1.29 is 17.9 Å². The van der Waals surface area contributed by atoms with Crippen LogP contribution in [0.4, 0.5) is 13.2 Å². The van der Waals surface area contributed by atoms with Crippen molar-refractivity contribution in [2.45, 2.75) is 16.9 Å². The molecule has 0 radical (unpaired) electrons. The maximum absolute atomic E-state index is 12.5. The summed E-state index contributed by atoms with van der Waals surface area (Å²) in [5, 5.41) is 7.26. The number of rotatable bonds is 4. The molecule has 8 heteroatoms. The Hall–Kier alpha value is -1.57. The van der Waals surface area contributed by atoms with Gasteiger partial charge in [-0.1, -0.05) is 6.07 Å². The molecule has 0 spiro atoms. The molecule has 0 bridgehead atoms. The number of nitrogens with two attached hydrogens (primary N) is 1. The number of nitrogens with one attached hydrogen (secondary N) is 1. The monoisotopic (exact) mass is 293 g/mol. The molecule has 0 fully saturated rings. The van der Waals surface area contributed by atoms with Gasteiger partial charge in [-0.25, -0.2) is 0 Å². The van der Waals surface area contributed by atoms with Gasteiger partial charge in [0.25, 0.3) is 0 Å². The van der Waals surface area contributed by atoms with E-state index < -0.39 is 5.51 Å². The Kier molecular flexibility index (Phi) is 4.93. The van der Waals surface area contributed by atoms with Crippen molar-refractivity contribution in [3.8, 4) is 5.75 Å². The van der Waals surface area contributed by atoms with Crippen LogP contribution in [-0.4, -0.2) is 30.5 Å². The summed E-state index contributed by atoms with van der Waals surface area (Å²) in [4.78, 5) is 1.37. The second-order valence-electron chi connectivity index (χ2n) is 3.73. The molecule has 0 aliphatic carbocycles. The number of hydrogen-bond donors (Lipinski definition) is 2. The summed E-state index contributed by atoms with van der Waals surface area (Å²) in [6, 6.07) is 4.43. The van der Waals surface area contributed by atoms with Gasteiger partial charge in [0.2, 0.25) is 0 Å². The normalized spacial score (nSPS) is 11.2. The minimum Gasteiger partial charge on any atom is -0.496 e. The molecule has 0 atom stereocenters. The molecule has 3 N–H and O–H groups in total. The zero-order valence-corrected chi connectivity index (χ0v) is 11.2. The summed E-state index contributed by atoms with van der Waals surface area (Å²) in [6.07, 6.45) is 0. The molecule has 4 nitrogen and oxygen atoms in total. The molecule has 0 saturated carbocycles. The van der Waals surface area contributed by atoms with E-state index in [2.05, 4.69) is 0 Å². The van der Waals surface area contributed by atoms with E-state index in [0.29, 0.717) is 11.3 Å². The van der Waals surface area contributed by atoms with Gasteiger partial charge in [0.15, 0.2) is 5.96 Å². The first-order chi connectivity index (χ1) is 8.74. The first-order valence-electron chi connectivity index (χ1n) is 5.21. The Morgan fingerprint density at radius 2 is 2.11 bits per heavy atom. The van der Waals surface area contributed by atoms with Crippen LogP contribution >= 0.6 is 11.8 Å². The number of benzene rings is 1. The minimum absolute atomic E-state index is 0.0416. The molecule has 0 aromatic heterocycles. The predicted octanol–water partition coefficient (Wildman–Crippen LogP) is 2.63. The minimum atomic E-state index is -4.38. The number of nitrogens with zero attached hydrogens (tertiary/aromatic N) is 1. The molecule has 0 aliphatic heterocycles. The lowest BCUT2D eigenvalue weighted by Crippen LogP contribution is -2.32. The first-order valence-corrected chi connectivity index (χ1v) is 6.03. The van der Waals surface area contributed by atoms with Crippen molar-refractivity contribution in [2.75, 3.05) is 14.2 Å². The van der Waals surface area contributed by atoms with E-state index in [1.165, 1.54) is 31.2 Å². The lowest BCUT2D eigenvalue weighted by Gasteiger charge is -2.21. The van der Waals surface area contributed by atoms with Gasteiger partial charge in [-0.3, -0.25) is 5.41 Å². The van der Waals surface area contributed by atoms with E-state index in [9.17, 15) is 13.2 Å². The summed E-state index contributed by atoms with van der Waals surface area (Å²) >= 11 is -0.207. The highest BCUT2D eigenvalue weighted by molar-refractivity contribution is 8.00. The fourth-order valence-corrected chi connectivity index (χ4v) is 2.12. The Bertz CT molecular complexity index is 465. The lowest BCUT2D eigenvalue weighted by molar-refractivity contribution is -0.0328. The summed E-state index contributed by atoms with van der Waals surface area (Å²) in [5.74, 6) is 0.108. The molecule has 19 heavy (non-hydrogen) atoms. The molecule has 0 aliphatic rings. The van der Waals surface area contributed by atoms with E-state index in [1.807, 2.05) is 0 Å². The average molecular weight is 293 g/mol. The first kappa shape index (κ1) is 15.5. The Balaban J connectivity index is 3.13. The fourth-order valence-electron chi connectivity index (χ4n) is 1.44. The van der Waals surface area contributed by atoms with Gasteiger partial charge in [0, 0.05) is 17.5 Å². The molecule has 1 aromatic carbocycles. The van der Waals surface area contributed by atoms with Crippen LogP contribution in [0.25, 0.3) is 0 Å². The Morgan fingerprint density at radius 1 is 1.47 bits per heavy atom. The molecule has 0 amide bonds. The van der Waals surface area contributed by atoms with Crippen LogP contribution < -0.4 is 10.5 Å². The van der Waals surface area contributed by atoms with Gasteiger partial charge < -0.3 is 15.4 Å². The molecule has 0 saturated heterocycles. The largest absolute Gasteiger partial charge is 0.496 e. The van der Waals surface area contributed by atoms with E-state index in [4.69, 9.17) is 15.9 Å². The molecular weight excluding hydrogens is 279 g/mol. The number of thioether (sulfide) groups is 1. The second-order valence-corrected chi connectivity index (χ2v) is 4.83. The highest BCUT2D eigenvalue weighted by atomic mass is 32.2. The highest BCUT2D eigenvalue weighted by Crippen LogP contribution is 2.41. The lowest BCUT2D eigenvalue weighted by atomic mass is 10.2. The highest BCUT2D eigenvalue weighted by Gasteiger charge is 2.31. The molecule has 1 aromatic rings. The third-order valence-corrected chi connectivity index (χ3v) is 3.18.